The lowest BCUT2D eigenvalue weighted by Gasteiger charge is -2.13. The Morgan fingerprint density at radius 2 is 1.47 bits per heavy atom. The number of fused-ring (bicyclic) bond motifs is 1. The molecular weight excluding hydrogens is 370 g/mol. The highest BCUT2D eigenvalue weighted by Crippen LogP contribution is 2.27. The lowest BCUT2D eigenvalue weighted by Crippen LogP contribution is -2.18. The number of carbonyl (C=O) groups is 1. The first-order chi connectivity index (χ1) is 14.5. The van der Waals surface area contributed by atoms with Gasteiger partial charge in [0.1, 0.15) is 5.71 Å². The van der Waals surface area contributed by atoms with Crippen molar-refractivity contribution in [1.29, 1.82) is 0 Å². The molecule has 3 aromatic carbocycles. The van der Waals surface area contributed by atoms with Gasteiger partial charge >= 0.3 is 0 Å². The van der Waals surface area contributed by atoms with Crippen molar-refractivity contribution in [3.8, 4) is 0 Å². The number of hydrogen-bond acceptors (Lipinski definition) is 4. The third-order valence-electron chi connectivity index (χ3n) is 5.31. The molecule has 0 radical (unpaired) electrons. The van der Waals surface area contributed by atoms with Crippen LogP contribution in [0.2, 0.25) is 0 Å². The summed E-state index contributed by atoms with van der Waals surface area (Å²) >= 11 is 0. The van der Waals surface area contributed by atoms with E-state index in [-0.39, 0.29) is 5.78 Å². The average Bonchev–Trinajstić information content (AvgIpc) is 2.75. The van der Waals surface area contributed by atoms with Crippen molar-refractivity contribution in [3.05, 3.63) is 100 Å². The smallest absolute Gasteiger partial charge is 0.204 e. The Morgan fingerprint density at radius 1 is 0.733 bits per heavy atom. The van der Waals surface area contributed by atoms with Crippen LogP contribution < -0.4 is 0 Å². The van der Waals surface area contributed by atoms with Crippen LogP contribution in [0.1, 0.15) is 33.4 Å². The summed E-state index contributed by atoms with van der Waals surface area (Å²) in [6, 6.07) is 19.9. The molecule has 0 heterocycles. The molecule has 0 amide bonds. The molecule has 0 unspecified atom stereocenters. The summed E-state index contributed by atoms with van der Waals surface area (Å²) in [5, 5.41) is 8.86. The fourth-order valence-electron chi connectivity index (χ4n) is 3.48. The van der Waals surface area contributed by atoms with Crippen molar-refractivity contribution in [2.75, 3.05) is 0 Å². The molecule has 3 aromatic rings. The van der Waals surface area contributed by atoms with Crippen molar-refractivity contribution in [2.45, 2.75) is 27.3 Å². The zero-order valence-corrected chi connectivity index (χ0v) is 17.4. The maximum Gasteiger partial charge on any atom is 0.204 e. The van der Waals surface area contributed by atoms with Crippen LogP contribution >= 0.6 is 0 Å². The van der Waals surface area contributed by atoms with Crippen LogP contribution in [-0.4, -0.2) is 11.5 Å². The van der Waals surface area contributed by atoms with Crippen LogP contribution in [0.25, 0.3) is 6.08 Å². The molecule has 0 atom stereocenters. The van der Waals surface area contributed by atoms with Crippen molar-refractivity contribution >= 4 is 28.9 Å². The lowest BCUT2D eigenvalue weighted by atomic mass is 9.94. The van der Waals surface area contributed by atoms with E-state index in [1.165, 1.54) is 0 Å². The molecule has 0 N–H and O–H groups in total. The molecule has 1 aliphatic rings. The van der Waals surface area contributed by atoms with Crippen molar-refractivity contribution in [3.63, 3.8) is 0 Å². The van der Waals surface area contributed by atoms with Gasteiger partial charge in [0.05, 0.1) is 17.9 Å². The van der Waals surface area contributed by atoms with Crippen LogP contribution in [0.3, 0.4) is 0 Å². The van der Waals surface area contributed by atoms with Gasteiger partial charge < -0.3 is 0 Å². The lowest BCUT2D eigenvalue weighted by molar-refractivity contribution is -0.108. The summed E-state index contributed by atoms with van der Waals surface area (Å²) in [5.41, 5.74) is 8.43. The first kappa shape index (κ1) is 19.6. The molecular formula is C26H23N3O. The van der Waals surface area contributed by atoms with Gasteiger partial charge in [-0.2, -0.15) is 10.2 Å². The minimum absolute atomic E-state index is 0.0493. The number of nitrogens with zero attached hydrogens (tertiary/aromatic N) is 3. The highest BCUT2D eigenvalue weighted by molar-refractivity contribution is 6.52. The second-order valence-electron chi connectivity index (χ2n) is 7.50. The van der Waals surface area contributed by atoms with Gasteiger partial charge in [-0.15, -0.1) is 0 Å². The van der Waals surface area contributed by atoms with Gasteiger partial charge in [-0.25, -0.2) is 0 Å². The number of allylic oxidation sites excluding steroid dienone is 1. The molecule has 4 nitrogen and oxygen atoms in total. The minimum atomic E-state index is -0.0493. The third kappa shape index (κ3) is 4.03. The first-order valence-electron chi connectivity index (χ1n) is 9.96. The van der Waals surface area contributed by atoms with E-state index in [2.05, 4.69) is 21.3 Å². The molecule has 4 rings (SSSR count). The largest absolute Gasteiger partial charge is 0.288 e. The van der Waals surface area contributed by atoms with Crippen LogP contribution in [-0.2, 0) is 11.3 Å². The summed E-state index contributed by atoms with van der Waals surface area (Å²) in [7, 11) is 0. The summed E-state index contributed by atoms with van der Waals surface area (Å²) < 4.78 is 0. The molecule has 4 heteroatoms. The standard InChI is InChI=1S/C26H23N3O/c1-17-8-4-7-11-23(17)28-29-24-15-18(2)21(14-19(24)3)16-27-26-22-10-6-5-9-20(22)12-13-25(26)30/h4-15H,16H2,1-3H3. The molecule has 0 bridgehead atoms. The van der Waals surface area contributed by atoms with Crippen LogP contribution in [0.5, 0.6) is 0 Å². The zero-order chi connectivity index (χ0) is 21.1. The molecule has 0 aliphatic heterocycles. The van der Waals surface area contributed by atoms with Gasteiger partial charge in [0.2, 0.25) is 5.78 Å². The summed E-state index contributed by atoms with van der Waals surface area (Å²) in [6.45, 7) is 6.53. The van der Waals surface area contributed by atoms with Gasteiger partial charge in [0.25, 0.3) is 0 Å². The fraction of sp³-hybridized carbons (Fsp3) is 0.154. The number of benzene rings is 3. The second-order valence-corrected chi connectivity index (χ2v) is 7.50. The number of ketones is 1. The Morgan fingerprint density at radius 3 is 2.30 bits per heavy atom. The van der Waals surface area contributed by atoms with E-state index < -0.39 is 0 Å². The number of hydrogen-bond donors (Lipinski definition) is 0. The van der Waals surface area contributed by atoms with E-state index in [0.29, 0.717) is 12.3 Å². The molecule has 0 fully saturated rings. The van der Waals surface area contributed by atoms with Crippen molar-refractivity contribution in [2.24, 2.45) is 15.2 Å². The van der Waals surface area contributed by atoms with E-state index in [1.54, 1.807) is 6.08 Å². The number of azo groups is 1. The van der Waals surface area contributed by atoms with Crippen molar-refractivity contribution < 1.29 is 4.79 Å². The van der Waals surface area contributed by atoms with Crippen molar-refractivity contribution in [1.82, 2.24) is 0 Å². The molecule has 0 aromatic heterocycles. The Bertz CT molecular complexity index is 1220. The maximum absolute atomic E-state index is 12.4. The summed E-state index contributed by atoms with van der Waals surface area (Å²) in [4.78, 5) is 17.1. The fourth-order valence-corrected chi connectivity index (χ4v) is 3.48. The predicted octanol–water partition coefficient (Wildman–Crippen LogP) is 6.61. The van der Waals surface area contributed by atoms with E-state index >= 15 is 0 Å². The van der Waals surface area contributed by atoms with E-state index in [9.17, 15) is 4.79 Å². The normalized spacial score (nSPS) is 14.5. The van der Waals surface area contributed by atoms with E-state index in [1.807, 2.05) is 81.4 Å². The van der Waals surface area contributed by atoms with E-state index in [4.69, 9.17) is 0 Å². The highest BCUT2D eigenvalue weighted by atomic mass is 16.1. The number of aliphatic imine (C=N–C) groups is 1. The van der Waals surface area contributed by atoms with Crippen LogP contribution in [0, 0.1) is 20.8 Å². The Hall–Kier alpha value is -3.66. The van der Waals surface area contributed by atoms with Gasteiger partial charge in [-0.05, 0) is 66.8 Å². The van der Waals surface area contributed by atoms with Gasteiger partial charge in [0.15, 0.2) is 0 Å². The zero-order valence-electron chi connectivity index (χ0n) is 17.4. The summed E-state index contributed by atoms with van der Waals surface area (Å²) in [5.74, 6) is -0.0493. The SMILES string of the molecule is Cc1cc(N=Nc2ccccc2C)c(C)cc1CN=C1C(=O)C=Cc2ccccc21. The van der Waals surface area contributed by atoms with E-state index in [0.717, 1.165) is 44.8 Å². The minimum Gasteiger partial charge on any atom is -0.288 e. The maximum atomic E-state index is 12.4. The van der Waals surface area contributed by atoms with Gasteiger partial charge in [0, 0.05) is 5.56 Å². The molecule has 0 saturated heterocycles. The second kappa shape index (κ2) is 8.37. The molecule has 30 heavy (non-hydrogen) atoms. The topological polar surface area (TPSA) is 54.1 Å². The Labute approximate surface area is 176 Å². The number of carbonyl (C=O) groups excluding carboxylic acids is 1. The van der Waals surface area contributed by atoms with Crippen LogP contribution in [0.4, 0.5) is 11.4 Å². The van der Waals surface area contributed by atoms with Gasteiger partial charge in [-0.1, -0.05) is 54.6 Å². The van der Waals surface area contributed by atoms with Crippen LogP contribution in [0.15, 0.2) is 82.0 Å². The molecule has 148 valence electrons. The molecule has 0 saturated carbocycles. The molecule has 0 spiro atoms. The first-order valence-corrected chi connectivity index (χ1v) is 9.96. The monoisotopic (exact) mass is 393 g/mol. The van der Waals surface area contributed by atoms with Gasteiger partial charge in [-0.3, -0.25) is 9.79 Å². The Balaban J connectivity index is 1.60. The Kier molecular flexibility index (Phi) is 5.48. The highest BCUT2D eigenvalue weighted by Gasteiger charge is 2.18. The predicted molar refractivity (Wildman–Crippen MR) is 122 cm³/mol. The quantitative estimate of drug-likeness (QED) is 0.460. The molecule has 1 aliphatic carbocycles. The summed E-state index contributed by atoms with van der Waals surface area (Å²) in [6.07, 6.45) is 3.44. The number of rotatable bonds is 4. The third-order valence-corrected chi connectivity index (χ3v) is 5.31. The average molecular weight is 393 g/mol. The number of aryl methyl sites for hydroxylation is 3.